The molecule has 102 valence electrons. The monoisotopic (exact) mass is 360 g/mol. The Bertz CT molecular complexity index is 654. The van der Waals surface area contributed by atoms with Crippen molar-refractivity contribution in [2.24, 2.45) is 0 Å². The summed E-state index contributed by atoms with van der Waals surface area (Å²) in [6.45, 7) is 0.386. The van der Waals surface area contributed by atoms with Crippen LogP contribution in [0.5, 0.6) is 0 Å². The highest BCUT2D eigenvalue weighted by Gasteiger charge is 2.17. The van der Waals surface area contributed by atoms with E-state index in [1.165, 1.54) is 11.3 Å². The van der Waals surface area contributed by atoms with Gasteiger partial charge >= 0.3 is 0 Å². The molecule has 1 unspecified atom stereocenters. The highest BCUT2D eigenvalue weighted by Crippen LogP contribution is 2.37. The molecule has 2 rings (SSSR count). The molecule has 0 fully saturated rings. The number of rotatable bonds is 4. The number of amides is 1. The number of benzene rings is 1. The van der Waals surface area contributed by atoms with Crippen LogP contribution in [0.25, 0.3) is 10.1 Å². The summed E-state index contributed by atoms with van der Waals surface area (Å²) in [5, 5.41) is 3.61. The number of halogens is 1. The number of anilines is 1. The van der Waals surface area contributed by atoms with Gasteiger partial charge in [0, 0.05) is 43.9 Å². The van der Waals surface area contributed by atoms with E-state index < -0.39 is 10.8 Å². The number of nitrogens with one attached hydrogen (secondary N) is 1. The van der Waals surface area contributed by atoms with Crippen molar-refractivity contribution in [1.29, 1.82) is 0 Å². The molecule has 7 heteroatoms. The first kappa shape index (κ1) is 14.5. The van der Waals surface area contributed by atoms with Crippen molar-refractivity contribution in [3.05, 3.63) is 27.5 Å². The number of hydrogen-bond donors (Lipinski definition) is 2. The van der Waals surface area contributed by atoms with E-state index in [9.17, 15) is 9.00 Å². The van der Waals surface area contributed by atoms with Gasteiger partial charge in [-0.3, -0.25) is 9.00 Å². The normalized spacial score (nSPS) is 12.5. The van der Waals surface area contributed by atoms with Crippen molar-refractivity contribution in [2.45, 2.75) is 0 Å². The van der Waals surface area contributed by atoms with Crippen LogP contribution < -0.4 is 11.1 Å². The smallest absolute Gasteiger partial charge is 0.263 e. The minimum Gasteiger partial charge on any atom is -0.397 e. The molecule has 0 aliphatic carbocycles. The van der Waals surface area contributed by atoms with E-state index in [2.05, 4.69) is 21.2 Å². The number of fused-ring (bicyclic) bond motifs is 1. The van der Waals surface area contributed by atoms with E-state index in [1.807, 2.05) is 18.2 Å². The van der Waals surface area contributed by atoms with Crippen molar-refractivity contribution >= 4 is 59.7 Å². The zero-order chi connectivity index (χ0) is 14.0. The van der Waals surface area contributed by atoms with E-state index in [4.69, 9.17) is 5.73 Å². The molecule has 1 aromatic heterocycles. The summed E-state index contributed by atoms with van der Waals surface area (Å²) in [5.74, 6) is 0.233. The molecule has 1 heterocycles. The van der Waals surface area contributed by atoms with Crippen molar-refractivity contribution < 1.29 is 9.00 Å². The number of hydrogen-bond acceptors (Lipinski definition) is 4. The molecule has 4 nitrogen and oxygen atoms in total. The van der Waals surface area contributed by atoms with Crippen LogP contribution in [-0.4, -0.2) is 28.7 Å². The molecule has 0 spiro atoms. The van der Waals surface area contributed by atoms with Gasteiger partial charge in [0.05, 0.1) is 5.69 Å². The van der Waals surface area contributed by atoms with E-state index in [0.717, 1.165) is 14.6 Å². The number of carbonyl (C=O) groups excluding carboxylic acids is 1. The lowest BCUT2D eigenvalue weighted by Crippen LogP contribution is -2.27. The number of carbonyl (C=O) groups is 1. The van der Waals surface area contributed by atoms with Crippen molar-refractivity contribution in [3.8, 4) is 0 Å². The Morgan fingerprint density at radius 3 is 2.89 bits per heavy atom. The fourth-order valence-electron chi connectivity index (χ4n) is 1.69. The predicted molar refractivity (Wildman–Crippen MR) is 85.2 cm³/mol. The van der Waals surface area contributed by atoms with Gasteiger partial charge in [-0.2, -0.15) is 0 Å². The quantitative estimate of drug-likeness (QED) is 0.878. The predicted octanol–water partition coefficient (Wildman–Crippen LogP) is 2.35. The molecule has 1 aromatic carbocycles. The first-order valence-corrected chi connectivity index (χ1v) is 8.89. The van der Waals surface area contributed by atoms with Gasteiger partial charge in [0.25, 0.3) is 5.91 Å². The summed E-state index contributed by atoms with van der Waals surface area (Å²) in [4.78, 5) is 12.5. The first-order chi connectivity index (χ1) is 9.00. The summed E-state index contributed by atoms with van der Waals surface area (Å²) in [5.41, 5.74) is 6.52. The average molecular weight is 361 g/mol. The number of nitrogens with two attached hydrogens (primary N) is 1. The van der Waals surface area contributed by atoms with Gasteiger partial charge in [-0.1, -0.05) is 22.0 Å². The molecule has 1 atom stereocenters. The van der Waals surface area contributed by atoms with Gasteiger partial charge in [-0.25, -0.2) is 0 Å². The molecular weight excluding hydrogens is 348 g/mol. The van der Waals surface area contributed by atoms with Crippen LogP contribution in [0.1, 0.15) is 9.67 Å². The molecule has 0 aliphatic rings. The van der Waals surface area contributed by atoms with Gasteiger partial charge < -0.3 is 11.1 Å². The zero-order valence-corrected chi connectivity index (χ0v) is 13.5. The first-order valence-electron chi connectivity index (χ1n) is 5.55. The molecule has 19 heavy (non-hydrogen) atoms. The lowest BCUT2D eigenvalue weighted by Gasteiger charge is -2.02. The molecule has 0 aliphatic heterocycles. The summed E-state index contributed by atoms with van der Waals surface area (Å²) in [6, 6.07) is 5.73. The number of thiophene rings is 1. The summed E-state index contributed by atoms with van der Waals surface area (Å²) < 4.78 is 12.8. The SMILES string of the molecule is CS(=O)CCNC(=O)c1sc2cccc(Br)c2c1N. The Morgan fingerprint density at radius 2 is 2.26 bits per heavy atom. The third-order valence-corrected chi connectivity index (χ3v) is 5.19. The molecule has 0 saturated carbocycles. The van der Waals surface area contributed by atoms with Crippen molar-refractivity contribution in [1.82, 2.24) is 5.32 Å². The standard InChI is InChI=1S/C12H13BrN2O2S2/c1-19(17)6-5-15-12(16)11-10(14)9-7(13)3-2-4-8(9)18-11/h2-4H,5-6,14H2,1H3,(H,15,16). The van der Waals surface area contributed by atoms with Crippen LogP contribution >= 0.6 is 27.3 Å². The minimum absolute atomic E-state index is 0.212. The zero-order valence-electron chi connectivity index (χ0n) is 10.2. The maximum atomic E-state index is 12.0. The van der Waals surface area contributed by atoms with Crippen LogP contribution in [0.3, 0.4) is 0 Å². The van der Waals surface area contributed by atoms with Gasteiger partial charge in [0.15, 0.2) is 0 Å². The van der Waals surface area contributed by atoms with Crippen LogP contribution in [0, 0.1) is 0 Å². The highest BCUT2D eigenvalue weighted by atomic mass is 79.9. The van der Waals surface area contributed by atoms with Crippen molar-refractivity contribution in [2.75, 3.05) is 24.3 Å². The van der Waals surface area contributed by atoms with Gasteiger partial charge in [-0.15, -0.1) is 11.3 Å². The Kier molecular flexibility index (Phi) is 4.59. The fourth-order valence-corrected chi connectivity index (χ4v) is 3.85. The molecule has 0 bridgehead atoms. The van der Waals surface area contributed by atoms with E-state index in [1.54, 1.807) is 6.26 Å². The second-order valence-corrected chi connectivity index (χ2v) is 7.45. The Labute approximate surface area is 126 Å². The summed E-state index contributed by atoms with van der Waals surface area (Å²) in [6.07, 6.45) is 1.61. The lowest BCUT2D eigenvalue weighted by atomic mass is 10.2. The van der Waals surface area contributed by atoms with E-state index >= 15 is 0 Å². The fraction of sp³-hybridized carbons (Fsp3) is 0.250. The van der Waals surface area contributed by atoms with Crippen LogP contribution in [0.15, 0.2) is 22.7 Å². The van der Waals surface area contributed by atoms with Crippen molar-refractivity contribution in [3.63, 3.8) is 0 Å². The lowest BCUT2D eigenvalue weighted by molar-refractivity contribution is 0.0961. The van der Waals surface area contributed by atoms with E-state index in [-0.39, 0.29) is 5.91 Å². The molecular formula is C12H13BrN2O2S2. The summed E-state index contributed by atoms with van der Waals surface area (Å²) >= 11 is 4.80. The van der Waals surface area contributed by atoms with Crippen LogP contribution in [-0.2, 0) is 10.8 Å². The maximum Gasteiger partial charge on any atom is 0.263 e. The Hall–Kier alpha value is -0.920. The highest BCUT2D eigenvalue weighted by molar-refractivity contribution is 9.10. The topological polar surface area (TPSA) is 72.2 Å². The molecule has 0 saturated heterocycles. The van der Waals surface area contributed by atoms with Crippen LogP contribution in [0.4, 0.5) is 5.69 Å². The second-order valence-electron chi connectivity index (χ2n) is 3.99. The van der Waals surface area contributed by atoms with Gasteiger partial charge in [0.2, 0.25) is 0 Å². The molecule has 0 radical (unpaired) electrons. The second kappa shape index (κ2) is 6.02. The summed E-state index contributed by atoms with van der Waals surface area (Å²) in [7, 11) is -0.912. The van der Waals surface area contributed by atoms with Crippen LogP contribution in [0.2, 0.25) is 0 Å². The Morgan fingerprint density at radius 1 is 1.53 bits per heavy atom. The Balaban J connectivity index is 2.25. The maximum absolute atomic E-state index is 12.0. The molecule has 2 aromatic rings. The molecule has 1 amide bonds. The largest absolute Gasteiger partial charge is 0.397 e. The minimum atomic E-state index is -0.912. The average Bonchev–Trinajstić information content (AvgIpc) is 2.67. The molecule has 3 N–H and O–H groups in total. The van der Waals surface area contributed by atoms with Gasteiger partial charge in [0.1, 0.15) is 4.88 Å². The van der Waals surface area contributed by atoms with Gasteiger partial charge in [-0.05, 0) is 12.1 Å². The van der Waals surface area contributed by atoms with E-state index in [0.29, 0.717) is 22.9 Å². The third kappa shape index (κ3) is 3.16. The third-order valence-electron chi connectivity index (χ3n) is 2.58. The number of nitrogen functional groups attached to an aromatic ring is 1.